The van der Waals surface area contributed by atoms with Crippen LogP contribution in [0.25, 0.3) is 5.69 Å². The number of hydrogen-bond acceptors (Lipinski definition) is 6. The molecule has 0 radical (unpaired) electrons. The Bertz CT molecular complexity index is 1440. The van der Waals surface area contributed by atoms with Crippen molar-refractivity contribution in [3.05, 3.63) is 112 Å². The van der Waals surface area contributed by atoms with Crippen LogP contribution in [0, 0.1) is 17.6 Å². The Labute approximate surface area is 249 Å². The lowest BCUT2D eigenvalue weighted by Gasteiger charge is -2.31. The quantitative estimate of drug-likeness (QED) is 0.184. The number of aromatic nitrogens is 2. The standard InChI is InChI=1S/C32H40N4O2.CHNS/c1-7-34(8-2)27-20-16-25(17-21-27)32(38,26-18-22-28(23-19-26)35(9-3)10-4)30-24(5)33(6)36(31(30)37)29-14-12-11-13-15-29;2-1-3/h11-23,38H,7-10H2,1-6H3;3H. The van der Waals surface area contributed by atoms with Crippen molar-refractivity contribution in [2.45, 2.75) is 40.2 Å². The van der Waals surface area contributed by atoms with Gasteiger partial charge in [0.05, 0.1) is 11.3 Å². The highest BCUT2D eigenvalue weighted by molar-refractivity contribution is 7.85. The molecule has 7 nitrogen and oxygen atoms in total. The molecule has 0 aliphatic carbocycles. The number of thiocyanates is 1. The minimum Gasteiger partial charge on any atom is -0.376 e. The molecule has 0 atom stereocenters. The summed E-state index contributed by atoms with van der Waals surface area (Å²) in [6, 6.07) is 25.5. The number of nitriles is 1. The van der Waals surface area contributed by atoms with Crippen LogP contribution >= 0.6 is 12.6 Å². The Hall–Kier alpha value is -3.93. The Morgan fingerprint density at radius 2 is 1.20 bits per heavy atom. The first-order valence-electron chi connectivity index (χ1n) is 14.0. The van der Waals surface area contributed by atoms with E-state index >= 15 is 0 Å². The molecule has 41 heavy (non-hydrogen) atoms. The summed E-state index contributed by atoms with van der Waals surface area (Å²) in [4.78, 5) is 18.6. The molecule has 3 aromatic carbocycles. The number of nitrogens with zero attached hydrogens (tertiary/aromatic N) is 5. The molecule has 1 N–H and O–H groups in total. The largest absolute Gasteiger partial charge is 0.376 e. The average Bonchev–Trinajstić information content (AvgIpc) is 3.23. The Kier molecular flexibility index (Phi) is 10.9. The summed E-state index contributed by atoms with van der Waals surface area (Å²) < 4.78 is 3.46. The average molecular weight is 572 g/mol. The number of thiol groups is 1. The number of rotatable bonds is 10. The minimum absolute atomic E-state index is 0.237. The van der Waals surface area contributed by atoms with Crippen molar-refractivity contribution in [2.24, 2.45) is 7.05 Å². The monoisotopic (exact) mass is 571 g/mol. The Balaban J connectivity index is 0.00000147. The molecule has 0 unspecified atom stereocenters. The molecule has 8 heteroatoms. The van der Waals surface area contributed by atoms with Crippen LogP contribution < -0.4 is 15.4 Å². The van der Waals surface area contributed by atoms with Gasteiger partial charge in [0.15, 0.2) is 0 Å². The van der Waals surface area contributed by atoms with Gasteiger partial charge in [0.25, 0.3) is 5.56 Å². The van der Waals surface area contributed by atoms with Gasteiger partial charge in [-0.15, -0.1) is 0 Å². The normalized spacial score (nSPS) is 10.9. The summed E-state index contributed by atoms with van der Waals surface area (Å²) in [6.45, 7) is 14.0. The van der Waals surface area contributed by atoms with Crippen molar-refractivity contribution >= 4 is 24.0 Å². The molecule has 0 aliphatic heterocycles. The molecule has 0 saturated carbocycles. The van der Waals surface area contributed by atoms with Gasteiger partial charge in [-0.3, -0.25) is 9.48 Å². The smallest absolute Gasteiger partial charge is 0.278 e. The molecule has 216 valence electrons. The summed E-state index contributed by atoms with van der Waals surface area (Å²) >= 11 is 3.09. The van der Waals surface area contributed by atoms with Gasteiger partial charge >= 0.3 is 0 Å². The molecule has 0 fully saturated rings. The summed E-state index contributed by atoms with van der Waals surface area (Å²) in [5.41, 5.74) is 3.45. The maximum atomic E-state index is 14.1. The van der Waals surface area contributed by atoms with Crippen molar-refractivity contribution in [1.29, 1.82) is 5.26 Å². The van der Waals surface area contributed by atoms with E-state index in [1.165, 1.54) is 5.40 Å². The van der Waals surface area contributed by atoms with E-state index in [4.69, 9.17) is 5.26 Å². The summed E-state index contributed by atoms with van der Waals surface area (Å²) in [5, 5.41) is 21.3. The lowest BCUT2D eigenvalue weighted by molar-refractivity contribution is 0.124. The molecular formula is C33H41N5O2S. The van der Waals surface area contributed by atoms with Gasteiger partial charge in [0, 0.05) is 50.3 Å². The molecule has 0 saturated heterocycles. The zero-order valence-electron chi connectivity index (χ0n) is 24.9. The van der Waals surface area contributed by atoms with Crippen LogP contribution in [0.3, 0.4) is 0 Å². The fourth-order valence-corrected chi connectivity index (χ4v) is 5.44. The van der Waals surface area contributed by atoms with Crippen LogP contribution in [0.2, 0.25) is 0 Å². The SMILES string of the molecule is CCN(CC)c1ccc(C(O)(c2ccc(N(CC)CC)cc2)c2c(C)n(C)n(-c3ccccc3)c2=O)cc1.N#CS. The van der Waals surface area contributed by atoms with E-state index in [9.17, 15) is 9.90 Å². The third kappa shape index (κ3) is 6.22. The predicted molar refractivity (Wildman–Crippen MR) is 172 cm³/mol. The molecular weight excluding hydrogens is 530 g/mol. The van der Waals surface area contributed by atoms with Gasteiger partial charge in [0.2, 0.25) is 0 Å². The molecule has 0 amide bonds. The van der Waals surface area contributed by atoms with Crippen molar-refractivity contribution in [3.8, 4) is 11.1 Å². The highest BCUT2D eigenvalue weighted by atomic mass is 32.1. The molecule has 0 aliphatic rings. The Morgan fingerprint density at radius 3 is 1.56 bits per heavy atom. The topological polar surface area (TPSA) is 77.4 Å². The number of hydrogen-bond donors (Lipinski definition) is 2. The predicted octanol–water partition coefficient (Wildman–Crippen LogP) is 5.86. The molecule has 0 spiro atoms. The number of anilines is 2. The van der Waals surface area contributed by atoms with Gasteiger partial charge < -0.3 is 14.9 Å². The maximum Gasteiger partial charge on any atom is 0.278 e. The van der Waals surface area contributed by atoms with Crippen molar-refractivity contribution < 1.29 is 5.11 Å². The number of para-hydroxylation sites is 1. The van der Waals surface area contributed by atoms with E-state index in [0.717, 1.165) is 43.2 Å². The van der Waals surface area contributed by atoms with E-state index < -0.39 is 5.60 Å². The second kappa shape index (κ2) is 14.1. The lowest BCUT2D eigenvalue weighted by Crippen LogP contribution is -2.35. The third-order valence-corrected chi connectivity index (χ3v) is 7.74. The van der Waals surface area contributed by atoms with Gasteiger partial charge in [-0.05, 0) is 82.1 Å². The van der Waals surface area contributed by atoms with E-state index in [0.29, 0.717) is 22.4 Å². The third-order valence-electron chi connectivity index (χ3n) is 7.74. The van der Waals surface area contributed by atoms with E-state index in [2.05, 4.69) is 50.1 Å². The van der Waals surface area contributed by atoms with Crippen molar-refractivity contribution in [1.82, 2.24) is 9.36 Å². The van der Waals surface area contributed by atoms with Crippen LogP contribution in [0.15, 0.2) is 83.7 Å². The van der Waals surface area contributed by atoms with Crippen LogP contribution in [0.1, 0.15) is 50.1 Å². The first kappa shape index (κ1) is 31.6. The van der Waals surface area contributed by atoms with Crippen molar-refractivity contribution in [3.63, 3.8) is 0 Å². The van der Waals surface area contributed by atoms with Gasteiger partial charge in [-0.2, -0.15) is 5.26 Å². The summed E-state index contributed by atoms with van der Waals surface area (Å²) in [6.07, 6.45) is 0. The van der Waals surface area contributed by atoms with Crippen LogP contribution in [-0.2, 0) is 12.6 Å². The van der Waals surface area contributed by atoms with E-state index in [1.807, 2.05) is 97.5 Å². The van der Waals surface area contributed by atoms with Crippen LogP contribution in [-0.4, -0.2) is 40.6 Å². The summed E-state index contributed by atoms with van der Waals surface area (Å²) in [5.74, 6) is 0. The minimum atomic E-state index is -1.64. The zero-order valence-corrected chi connectivity index (χ0v) is 25.8. The van der Waals surface area contributed by atoms with Crippen LogP contribution in [0.4, 0.5) is 11.4 Å². The number of benzene rings is 3. The zero-order chi connectivity index (χ0) is 30.2. The van der Waals surface area contributed by atoms with Gasteiger partial charge in [-0.25, -0.2) is 4.68 Å². The van der Waals surface area contributed by atoms with Crippen LogP contribution in [0.5, 0.6) is 0 Å². The summed E-state index contributed by atoms with van der Waals surface area (Å²) in [7, 11) is 1.86. The molecule has 0 bridgehead atoms. The van der Waals surface area contributed by atoms with Crippen molar-refractivity contribution in [2.75, 3.05) is 36.0 Å². The van der Waals surface area contributed by atoms with Gasteiger partial charge in [0.1, 0.15) is 11.0 Å². The lowest BCUT2D eigenvalue weighted by atomic mass is 9.80. The fraction of sp³-hybridized carbons (Fsp3) is 0.333. The molecule has 1 aromatic heterocycles. The van der Waals surface area contributed by atoms with Gasteiger partial charge in [-0.1, -0.05) is 55.1 Å². The molecule has 4 aromatic rings. The number of aliphatic hydroxyl groups is 1. The highest BCUT2D eigenvalue weighted by Crippen LogP contribution is 2.38. The first-order valence-corrected chi connectivity index (χ1v) is 14.5. The van der Waals surface area contributed by atoms with E-state index in [-0.39, 0.29) is 5.56 Å². The maximum absolute atomic E-state index is 14.1. The molecule has 1 heterocycles. The fourth-order valence-electron chi connectivity index (χ4n) is 5.44. The first-order chi connectivity index (χ1) is 19.7. The highest BCUT2D eigenvalue weighted by Gasteiger charge is 2.40. The second-order valence-electron chi connectivity index (χ2n) is 9.69. The van der Waals surface area contributed by atoms with E-state index in [1.54, 1.807) is 4.68 Å². The molecule has 4 rings (SSSR count). The second-order valence-corrected chi connectivity index (χ2v) is 9.89. The Morgan fingerprint density at radius 1 is 0.805 bits per heavy atom.